The Hall–Kier alpha value is -1.95. The maximum atomic E-state index is 12.3. The first-order valence-corrected chi connectivity index (χ1v) is 7.24. The molecule has 0 aliphatic carbocycles. The van der Waals surface area contributed by atoms with Gasteiger partial charge in [-0.15, -0.1) is 0 Å². The van der Waals surface area contributed by atoms with Crippen molar-refractivity contribution >= 4 is 11.6 Å². The van der Waals surface area contributed by atoms with Gasteiger partial charge in [-0.3, -0.25) is 20.3 Å². The first kappa shape index (κ1) is 15.4. The lowest BCUT2D eigenvalue weighted by molar-refractivity contribution is -0.385. The molecule has 1 fully saturated rings. The quantitative estimate of drug-likeness (QED) is 0.686. The van der Waals surface area contributed by atoms with E-state index in [4.69, 9.17) is 0 Å². The van der Waals surface area contributed by atoms with E-state index in [1.807, 2.05) is 5.01 Å². The highest BCUT2D eigenvalue weighted by Crippen LogP contribution is 2.22. The van der Waals surface area contributed by atoms with Crippen LogP contribution in [0.3, 0.4) is 0 Å². The topological polar surface area (TPSA) is 75.5 Å². The van der Waals surface area contributed by atoms with Crippen LogP contribution in [-0.2, 0) is 0 Å². The highest BCUT2D eigenvalue weighted by atomic mass is 16.6. The third-order valence-electron chi connectivity index (χ3n) is 4.09. The van der Waals surface area contributed by atoms with Crippen LogP contribution in [0.25, 0.3) is 0 Å². The van der Waals surface area contributed by atoms with Crippen molar-refractivity contribution in [3.8, 4) is 0 Å². The lowest BCUT2D eigenvalue weighted by Gasteiger charge is -2.38. The molecule has 0 spiro atoms. The van der Waals surface area contributed by atoms with Gasteiger partial charge in [-0.2, -0.15) is 0 Å². The summed E-state index contributed by atoms with van der Waals surface area (Å²) in [6, 6.07) is 5.12. The van der Waals surface area contributed by atoms with E-state index in [2.05, 4.69) is 19.3 Å². The van der Waals surface area contributed by atoms with Gasteiger partial charge in [-0.25, -0.2) is 5.01 Å². The standard InChI is InChI=1S/C15H21N3O3/c1-10-7-8-13(9-14(10)18(20)21)15(19)16-17-11(2)5-4-6-12(17)3/h7-9,11-12H,4-6H2,1-3H3,(H,16,19). The van der Waals surface area contributed by atoms with Crippen molar-refractivity contribution in [2.45, 2.75) is 52.1 Å². The van der Waals surface area contributed by atoms with E-state index in [-0.39, 0.29) is 23.7 Å². The number of nitro groups is 1. The predicted octanol–water partition coefficient (Wildman–Crippen LogP) is 2.81. The SMILES string of the molecule is Cc1ccc(C(=O)NN2C(C)CCCC2C)cc1[N+](=O)[O-]. The number of hydrogen-bond acceptors (Lipinski definition) is 4. The minimum Gasteiger partial charge on any atom is -0.284 e. The summed E-state index contributed by atoms with van der Waals surface area (Å²) in [6.45, 7) is 5.82. The molecule has 1 aliphatic heterocycles. The van der Waals surface area contributed by atoms with Gasteiger partial charge in [0, 0.05) is 29.3 Å². The molecule has 0 saturated carbocycles. The molecular weight excluding hydrogens is 270 g/mol. The van der Waals surface area contributed by atoms with Crippen molar-refractivity contribution in [2.75, 3.05) is 0 Å². The maximum Gasteiger partial charge on any atom is 0.273 e. The summed E-state index contributed by atoms with van der Waals surface area (Å²) in [7, 11) is 0. The minimum atomic E-state index is -0.460. The van der Waals surface area contributed by atoms with Crippen molar-refractivity contribution in [3.63, 3.8) is 0 Å². The Bertz CT molecular complexity index is 549. The van der Waals surface area contributed by atoms with Crippen LogP contribution < -0.4 is 5.43 Å². The molecule has 0 radical (unpaired) electrons. The van der Waals surface area contributed by atoms with Gasteiger partial charge >= 0.3 is 0 Å². The summed E-state index contributed by atoms with van der Waals surface area (Å²) in [5.41, 5.74) is 3.74. The van der Waals surface area contributed by atoms with Gasteiger partial charge in [0.05, 0.1) is 4.92 Å². The zero-order valence-electron chi connectivity index (χ0n) is 12.6. The second-order valence-electron chi connectivity index (χ2n) is 5.74. The Balaban J connectivity index is 2.16. The largest absolute Gasteiger partial charge is 0.284 e. The number of carbonyl (C=O) groups is 1. The molecule has 1 aliphatic rings. The number of benzene rings is 1. The number of nitro benzene ring substituents is 1. The third-order valence-corrected chi connectivity index (χ3v) is 4.09. The highest BCUT2D eigenvalue weighted by Gasteiger charge is 2.26. The number of hydrazine groups is 1. The number of carbonyl (C=O) groups excluding carboxylic acids is 1. The fourth-order valence-corrected chi connectivity index (χ4v) is 2.77. The average molecular weight is 291 g/mol. The lowest BCUT2D eigenvalue weighted by Crippen LogP contribution is -2.54. The molecule has 2 rings (SSSR count). The second kappa shape index (κ2) is 6.22. The van der Waals surface area contributed by atoms with E-state index < -0.39 is 4.92 Å². The Morgan fingerprint density at radius 1 is 1.33 bits per heavy atom. The van der Waals surface area contributed by atoms with Crippen LogP contribution in [0.1, 0.15) is 49.0 Å². The fourth-order valence-electron chi connectivity index (χ4n) is 2.77. The number of piperidine rings is 1. The Morgan fingerprint density at radius 2 is 1.95 bits per heavy atom. The van der Waals surface area contributed by atoms with Crippen LogP contribution >= 0.6 is 0 Å². The number of hydrogen-bond donors (Lipinski definition) is 1. The molecule has 1 aromatic rings. The summed E-state index contributed by atoms with van der Waals surface area (Å²) >= 11 is 0. The fraction of sp³-hybridized carbons (Fsp3) is 0.533. The van der Waals surface area contributed by atoms with Crippen molar-refractivity contribution in [1.29, 1.82) is 0 Å². The van der Waals surface area contributed by atoms with Crippen molar-refractivity contribution in [1.82, 2.24) is 10.4 Å². The van der Waals surface area contributed by atoms with E-state index in [0.29, 0.717) is 11.1 Å². The van der Waals surface area contributed by atoms with Gasteiger partial charge < -0.3 is 0 Å². The molecule has 1 saturated heterocycles. The molecule has 6 heteroatoms. The Morgan fingerprint density at radius 3 is 2.52 bits per heavy atom. The maximum absolute atomic E-state index is 12.3. The average Bonchev–Trinajstić information content (AvgIpc) is 2.43. The van der Waals surface area contributed by atoms with Gasteiger partial charge in [-0.05, 0) is 39.7 Å². The molecule has 6 nitrogen and oxygen atoms in total. The number of rotatable bonds is 3. The van der Waals surface area contributed by atoms with Gasteiger partial charge in [-0.1, -0.05) is 12.5 Å². The van der Waals surface area contributed by atoms with Crippen LogP contribution in [0.5, 0.6) is 0 Å². The molecule has 114 valence electrons. The molecular formula is C15H21N3O3. The molecule has 1 amide bonds. The zero-order valence-corrected chi connectivity index (χ0v) is 12.6. The lowest BCUT2D eigenvalue weighted by atomic mass is 10.00. The first-order chi connectivity index (χ1) is 9.90. The molecule has 1 heterocycles. The number of nitrogens with zero attached hydrogens (tertiary/aromatic N) is 2. The summed E-state index contributed by atoms with van der Waals surface area (Å²) in [5.74, 6) is -0.293. The number of nitrogens with one attached hydrogen (secondary N) is 1. The summed E-state index contributed by atoms with van der Waals surface area (Å²) < 4.78 is 0. The minimum absolute atomic E-state index is 0.0256. The first-order valence-electron chi connectivity index (χ1n) is 7.24. The number of amides is 1. The van der Waals surface area contributed by atoms with Crippen LogP contribution in [0, 0.1) is 17.0 Å². The van der Waals surface area contributed by atoms with E-state index in [9.17, 15) is 14.9 Å². The molecule has 0 aromatic heterocycles. The molecule has 1 aromatic carbocycles. The normalized spacial score (nSPS) is 22.8. The number of aryl methyl sites for hydroxylation is 1. The monoisotopic (exact) mass is 291 g/mol. The molecule has 0 bridgehead atoms. The third kappa shape index (κ3) is 3.39. The molecule has 2 atom stereocenters. The summed E-state index contributed by atoms with van der Waals surface area (Å²) in [4.78, 5) is 22.8. The van der Waals surface area contributed by atoms with Crippen LogP contribution in [0.15, 0.2) is 18.2 Å². The molecule has 1 N–H and O–H groups in total. The zero-order chi connectivity index (χ0) is 15.6. The van der Waals surface area contributed by atoms with Crippen LogP contribution in [0.4, 0.5) is 5.69 Å². The van der Waals surface area contributed by atoms with Gasteiger partial charge in [0.2, 0.25) is 0 Å². The van der Waals surface area contributed by atoms with E-state index in [1.165, 1.54) is 6.07 Å². The van der Waals surface area contributed by atoms with Gasteiger partial charge in [0.1, 0.15) is 0 Å². The van der Waals surface area contributed by atoms with E-state index in [0.717, 1.165) is 19.3 Å². The van der Waals surface area contributed by atoms with Crippen molar-refractivity contribution in [3.05, 3.63) is 39.4 Å². The second-order valence-corrected chi connectivity index (χ2v) is 5.74. The smallest absolute Gasteiger partial charge is 0.273 e. The van der Waals surface area contributed by atoms with Crippen molar-refractivity contribution < 1.29 is 9.72 Å². The summed E-state index contributed by atoms with van der Waals surface area (Å²) in [6.07, 6.45) is 3.24. The van der Waals surface area contributed by atoms with Gasteiger partial charge in [0.15, 0.2) is 0 Å². The molecule has 2 unspecified atom stereocenters. The van der Waals surface area contributed by atoms with Crippen molar-refractivity contribution in [2.24, 2.45) is 0 Å². The highest BCUT2D eigenvalue weighted by molar-refractivity contribution is 5.94. The van der Waals surface area contributed by atoms with E-state index >= 15 is 0 Å². The van der Waals surface area contributed by atoms with Gasteiger partial charge in [0.25, 0.3) is 11.6 Å². The summed E-state index contributed by atoms with van der Waals surface area (Å²) in [5, 5.41) is 12.9. The predicted molar refractivity (Wildman–Crippen MR) is 79.9 cm³/mol. The Kier molecular flexibility index (Phi) is 4.57. The molecule has 21 heavy (non-hydrogen) atoms. The van der Waals surface area contributed by atoms with Crippen LogP contribution in [0.2, 0.25) is 0 Å². The Labute approximate surface area is 124 Å². The van der Waals surface area contributed by atoms with Crippen LogP contribution in [-0.4, -0.2) is 27.9 Å². The van der Waals surface area contributed by atoms with E-state index in [1.54, 1.807) is 19.1 Å².